The predicted octanol–water partition coefficient (Wildman–Crippen LogP) is -4.30. The van der Waals surface area contributed by atoms with E-state index in [1.54, 1.807) is 20.8 Å². The SMILES string of the molecule is CC(C)C.COCCCNC(=O)CC(=O)NC(CCC(=O)NCCCNC(=O)CCO[C@@H]1OC(CO)[C@H](O)[C@H](O)C1C)(CCC(=O)NCCCNC(=O)CCO[C@@H]1OC(CO)[C@H](O)[C@H](O)C1C)CCC(=O)NCCCNC(=O)CCO[C@@H]1OC(CO)[C@H](O)[C@H](O)C1C. The number of methoxy groups -OCH3 is 1. The Morgan fingerprint density at radius 1 is 0.391 bits per heavy atom. The van der Waals surface area contributed by atoms with Gasteiger partial charge in [0.15, 0.2) is 18.9 Å². The van der Waals surface area contributed by atoms with Crippen LogP contribution in [0.4, 0.5) is 0 Å². The second-order valence-electron chi connectivity index (χ2n) is 24.2. The largest absolute Gasteiger partial charge is 0.394 e. The maximum absolute atomic E-state index is 13.7. The Balaban J connectivity index is 0.00000699. The van der Waals surface area contributed by atoms with Crippen LogP contribution in [0.1, 0.15) is 131 Å². The fraction of sp³-hybridized carbons (Fsp3) is 0.867. The lowest BCUT2D eigenvalue weighted by Gasteiger charge is -2.40. The standard InChI is InChI=1S/C56H100N8O24.C4H10/c1-33-47(76)50(79)36(30-65)86-53(33)83-26-12-42(71)60-21-5-18-57-39(68)9-15-56(64-46(75)29-45(74)63-24-8-25-82-4,16-10-40(69)58-19-6-22-61-43(72)13-27-84-54-34(2)48(77)51(80)37(31-66)87-54)17-11-41(70)59-20-7-23-62-44(73)14-28-85-55-35(3)49(78)52(81)38(32-67)88-55;1-4(2)3/h33-38,47-55,65-67,76-81H,5-32H2,1-4H3,(H,57,68)(H,58,69)(H,59,70)(H,60,71)(H,61,72)(H,62,73)(H,63,74)(H,64,75);4H,1-3H3/t33?,34?,35?,36?,37?,38?,47-,48-,49-,50+,51+,52+,53-,54-,55-,56?;/m1./s1. The fourth-order valence-electron chi connectivity index (χ4n) is 9.81. The summed E-state index contributed by atoms with van der Waals surface area (Å²) in [6.07, 6.45) is -14.0. The van der Waals surface area contributed by atoms with Crippen LogP contribution in [0.25, 0.3) is 0 Å². The van der Waals surface area contributed by atoms with E-state index in [1.165, 1.54) is 7.11 Å². The third-order valence-corrected chi connectivity index (χ3v) is 15.5. The van der Waals surface area contributed by atoms with Crippen LogP contribution in [0, 0.1) is 23.7 Å². The molecule has 32 nitrogen and oxygen atoms in total. The minimum atomic E-state index is -1.41. The van der Waals surface area contributed by atoms with E-state index in [4.69, 9.17) is 33.2 Å². The number of hydrogen-bond donors (Lipinski definition) is 17. The van der Waals surface area contributed by atoms with Gasteiger partial charge in [0, 0.05) is 102 Å². The summed E-state index contributed by atoms with van der Waals surface area (Å²) in [5.74, 6) is -4.94. The van der Waals surface area contributed by atoms with Gasteiger partial charge in [0.1, 0.15) is 43.0 Å². The second-order valence-corrected chi connectivity index (χ2v) is 24.2. The molecule has 0 saturated carbocycles. The van der Waals surface area contributed by atoms with Gasteiger partial charge in [-0.25, -0.2) is 0 Å². The van der Waals surface area contributed by atoms with Crippen LogP contribution in [0.2, 0.25) is 0 Å². The molecule has 534 valence electrons. The molecule has 0 spiro atoms. The lowest BCUT2D eigenvalue weighted by atomic mass is 9.83. The van der Waals surface area contributed by atoms with Crippen LogP contribution in [0.3, 0.4) is 0 Å². The molecule has 0 aromatic heterocycles. The summed E-state index contributed by atoms with van der Waals surface area (Å²) >= 11 is 0. The second kappa shape index (κ2) is 46.3. The average Bonchev–Trinajstić information content (AvgIpc) is 0.873. The number of aliphatic hydroxyl groups is 9. The Labute approximate surface area is 539 Å². The zero-order valence-corrected chi connectivity index (χ0v) is 54.7. The summed E-state index contributed by atoms with van der Waals surface area (Å²) in [7, 11) is 1.50. The predicted molar refractivity (Wildman–Crippen MR) is 328 cm³/mol. The summed E-state index contributed by atoms with van der Waals surface area (Å²) in [5.41, 5.74) is -1.41. The summed E-state index contributed by atoms with van der Waals surface area (Å²) in [4.78, 5) is 105. The number of carbonyl (C=O) groups is 8. The van der Waals surface area contributed by atoms with Crippen molar-refractivity contribution in [1.82, 2.24) is 42.5 Å². The number of ether oxygens (including phenoxy) is 7. The number of rotatable bonds is 43. The van der Waals surface area contributed by atoms with Crippen molar-refractivity contribution in [3.8, 4) is 0 Å². The van der Waals surface area contributed by atoms with Gasteiger partial charge in [-0.05, 0) is 50.9 Å². The topological polar surface area (TPSA) is 479 Å². The molecule has 3 aliphatic heterocycles. The van der Waals surface area contributed by atoms with Crippen LogP contribution in [0.15, 0.2) is 0 Å². The highest BCUT2D eigenvalue weighted by molar-refractivity contribution is 5.97. The molecule has 0 aliphatic carbocycles. The van der Waals surface area contributed by atoms with Crippen molar-refractivity contribution < 1.29 is 117 Å². The van der Waals surface area contributed by atoms with Crippen molar-refractivity contribution in [1.29, 1.82) is 0 Å². The lowest BCUT2D eigenvalue weighted by Crippen LogP contribution is -2.55. The van der Waals surface area contributed by atoms with Gasteiger partial charge in [-0.2, -0.15) is 0 Å². The van der Waals surface area contributed by atoms with Crippen LogP contribution in [0.5, 0.6) is 0 Å². The fourth-order valence-corrected chi connectivity index (χ4v) is 9.81. The van der Waals surface area contributed by atoms with Gasteiger partial charge in [-0.15, -0.1) is 0 Å². The van der Waals surface area contributed by atoms with Crippen molar-refractivity contribution in [2.75, 3.05) is 99.2 Å². The van der Waals surface area contributed by atoms with Crippen molar-refractivity contribution in [2.45, 2.75) is 211 Å². The Morgan fingerprint density at radius 2 is 0.652 bits per heavy atom. The molecule has 3 rings (SSSR count). The van der Waals surface area contributed by atoms with E-state index in [9.17, 15) is 84.3 Å². The highest BCUT2D eigenvalue weighted by Crippen LogP contribution is 2.30. The van der Waals surface area contributed by atoms with E-state index in [1.807, 2.05) is 0 Å². The first-order chi connectivity index (χ1) is 43.7. The molecule has 15 atom stereocenters. The average molecular weight is 1330 g/mol. The maximum atomic E-state index is 13.7. The molecule has 0 radical (unpaired) electrons. The monoisotopic (exact) mass is 1330 g/mol. The number of aliphatic hydroxyl groups excluding tert-OH is 9. The molecule has 3 saturated heterocycles. The maximum Gasteiger partial charge on any atom is 0.229 e. The van der Waals surface area contributed by atoms with Crippen molar-refractivity contribution >= 4 is 47.3 Å². The van der Waals surface area contributed by atoms with Crippen LogP contribution >= 0.6 is 0 Å². The van der Waals surface area contributed by atoms with Crippen LogP contribution in [-0.4, -0.2) is 272 Å². The van der Waals surface area contributed by atoms with Gasteiger partial charge in [0.25, 0.3) is 0 Å². The normalized spacial score (nSPS) is 26.9. The van der Waals surface area contributed by atoms with Gasteiger partial charge in [-0.3, -0.25) is 38.4 Å². The van der Waals surface area contributed by atoms with E-state index in [0.717, 1.165) is 5.92 Å². The summed E-state index contributed by atoms with van der Waals surface area (Å²) in [5, 5.41) is 111. The van der Waals surface area contributed by atoms with E-state index in [0.29, 0.717) is 32.3 Å². The first-order valence-corrected chi connectivity index (χ1v) is 32.1. The van der Waals surface area contributed by atoms with Gasteiger partial charge >= 0.3 is 0 Å². The van der Waals surface area contributed by atoms with E-state index in [-0.39, 0.29) is 141 Å². The minimum absolute atomic E-state index is 0.0788. The minimum Gasteiger partial charge on any atom is -0.394 e. The molecule has 32 heteroatoms. The molecule has 3 heterocycles. The van der Waals surface area contributed by atoms with E-state index in [2.05, 4.69) is 63.3 Å². The zero-order valence-electron chi connectivity index (χ0n) is 54.7. The molecule has 6 unspecified atom stereocenters. The summed E-state index contributed by atoms with van der Waals surface area (Å²) in [6, 6.07) is 0. The lowest BCUT2D eigenvalue weighted by molar-refractivity contribution is -0.282. The summed E-state index contributed by atoms with van der Waals surface area (Å²) in [6.45, 7) is 10.8. The van der Waals surface area contributed by atoms with Crippen molar-refractivity contribution in [3.05, 3.63) is 0 Å². The Bertz CT molecular complexity index is 1960. The summed E-state index contributed by atoms with van der Waals surface area (Å²) < 4.78 is 38.4. The Kier molecular flexibility index (Phi) is 41.9. The zero-order chi connectivity index (χ0) is 68.8. The van der Waals surface area contributed by atoms with Crippen LogP contribution < -0.4 is 42.5 Å². The van der Waals surface area contributed by atoms with Crippen molar-refractivity contribution in [2.24, 2.45) is 23.7 Å². The first-order valence-electron chi connectivity index (χ1n) is 32.1. The van der Waals surface area contributed by atoms with E-state index < -0.39 is 153 Å². The van der Waals surface area contributed by atoms with Gasteiger partial charge in [0.2, 0.25) is 47.3 Å². The Morgan fingerprint density at radius 3 is 0.924 bits per heavy atom. The quantitative estimate of drug-likeness (QED) is 0.0203. The molecule has 0 aromatic carbocycles. The number of hydrogen-bond acceptors (Lipinski definition) is 24. The third kappa shape index (κ3) is 32.5. The molecule has 0 aromatic rings. The number of amides is 8. The highest BCUT2D eigenvalue weighted by atomic mass is 16.7. The van der Waals surface area contributed by atoms with Gasteiger partial charge in [0.05, 0.1) is 77.2 Å². The van der Waals surface area contributed by atoms with E-state index >= 15 is 0 Å². The van der Waals surface area contributed by atoms with Crippen LogP contribution in [-0.2, 0) is 71.5 Å². The van der Waals surface area contributed by atoms with Crippen molar-refractivity contribution in [3.63, 3.8) is 0 Å². The number of nitrogens with one attached hydrogen (secondary N) is 8. The molecule has 3 aliphatic rings. The molecule has 17 N–H and O–H groups in total. The molecule has 0 bridgehead atoms. The first kappa shape index (κ1) is 83.2. The molecular weight excluding hydrogens is 1220 g/mol. The third-order valence-electron chi connectivity index (χ3n) is 15.5. The molecule has 8 amide bonds. The smallest absolute Gasteiger partial charge is 0.229 e. The highest BCUT2D eigenvalue weighted by Gasteiger charge is 2.45. The molecular formula is C60H110N8O24. The van der Waals surface area contributed by atoms with Gasteiger partial charge in [-0.1, -0.05) is 41.5 Å². The Hall–Kier alpha value is -4.88. The molecule has 3 fully saturated rings. The number of carbonyl (C=O) groups excluding carboxylic acids is 8. The van der Waals surface area contributed by atoms with Gasteiger partial charge < -0.3 is 122 Å². The molecule has 92 heavy (non-hydrogen) atoms.